The summed E-state index contributed by atoms with van der Waals surface area (Å²) in [6, 6.07) is 15.2. The summed E-state index contributed by atoms with van der Waals surface area (Å²) in [6.07, 6.45) is 1.53. The Hall–Kier alpha value is -2.99. The van der Waals surface area contributed by atoms with Crippen LogP contribution in [0.1, 0.15) is 10.4 Å². The Balaban J connectivity index is 1.76. The summed E-state index contributed by atoms with van der Waals surface area (Å²) in [7, 11) is 3.95. The van der Waals surface area contributed by atoms with Crippen molar-refractivity contribution in [3.05, 3.63) is 60.4 Å². The zero-order chi connectivity index (χ0) is 17.6. The van der Waals surface area contributed by atoms with Gasteiger partial charge in [-0.2, -0.15) is 0 Å². The van der Waals surface area contributed by atoms with E-state index >= 15 is 0 Å². The quantitative estimate of drug-likeness (QED) is 0.725. The molecule has 6 heteroatoms. The van der Waals surface area contributed by atoms with E-state index in [2.05, 4.69) is 20.6 Å². The van der Waals surface area contributed by atoms with Crippen molar-refractivity contribution >= 4 is 28.3 Å². The van der Waals surface area contributed by atoms with Crippen LogP contribution >= 0.6 is 0 Å². The highest BCUT2D eigenvalue weighted by Crippen LogP contribution is 2.23. The smallest absolute Gasteiger partial charge is 0.251 e. The number of amides is 1. The molecule has 0 saturated heterocycles. The Labute approximate surface area is 146 Å². The molecular weight excluding hydrogens is 314 g/mol. The van der Waals surface area contributed by atoms with E-state index < -0.39 is 0 Å². The molecule has 0 fully saturated rings. The molecule has 2 N–H and O–H groups in total. The lowest BCUT2D eigenvalue weighted by Crippen LogP contribution is -2.31. The van der Waals surface area contributed by atoms with E-state index in [1.54, 1.807) is 6.07 Å². The van der Waals surface area contributed by atoms with Crippen LogP contribution in [0.15, 0.2) is 54.9 Å². The van der Waals surface area contributed by atoms with Crippen LogP contribution in [0.5, 0.6) is 0 Å². The highest BCUT2D eigenvalue weighted by atomic mass is 16.1. The van der Waals surface area contributed by atoms with Crippen molar-refractivity contribution in [2.45, 2.75) is 0 Å². The van der Waals surface area contributed by atoms with E-state index in [0.717, 1.165) is 29.0 Å². The number of benzene rings is 2. The van der Waals surface area contributed by atoms with Crippen molar-refractivity contribution in [2.24, 2.45) is 0 Å². The van der Waals surface area contributed by atoms with Crippen LogP contribution in [-0.2, 0) is 0 Å². The Morgan fingerprint density at radius 1 is 1.08 bits per heavy atom. The molecule has 25 heavy (non-hydrogen) atoms. The molecule has 0 aliphatic rings. The number of nitrogens with zero attached hydrogens (tertiary/aromatic N) is 3. The maximum atomic E-state index is 12.3. The van der Waals surface area contributed by atoms with Crippen LogP contribution in [-0.4, -0.2) is 48.0 Å². The van der Waals surface area contributed by atoms with E-state index in [-0.39, 0.29) is 5.91 Å². The van der Waals surface area contributed by atoms with E-state index in [0.29, 0.717) is 12.1 Å². The number of carbonyl (C=O) groups excluding carboxylic acids is 1. The van der Waals surface area contributed by atoms with Crippen molar-refractivity contribution in [1.82, 2.24) is 20.2 Å². The number of carbonyl (C=O) groups is 1. The van der Waals surface area contributed by atoms with Crippen LogP contribution in [0.3, 0.4) is 0 Å². The second kappa shape index (κ2) is 7.72. The molecule has 0 atom stereocenters. The van der Waals surface area contributed by atoms with Gasteiger partial charge in [0.1, 0.15) is 12.1 Å². The number of hydrogen-bond acceptors (Lipinski definition) is 5. The number of likely N-dealkylation sites (N-methyl/N-ethyl adjacent to an activating group) is 1. The summed E-state index contributed by atoms with van der Waals surface area (Å²) < 4.78 is 0. The van der Waals surface area contributed by atoms with Gasteiger partial charge in [0.25, 0.3) is 5.91 Å². The number of para-hydroxylation sites is 1. The van der Waals surface area contributed by atoms with E-state index in [4.69, 9.17) is 0 Å². The van der Waals surface area contributed by atoms with Gasteiger partial charge in [0, 0.05) is 29.7 Å². The number of aromatic nitrogens is 2. The van der Waals surface area contributed by atoms with Crippen LogP contribution in [0.4, 0.5) is 11.5 Å². The predicted octanol–water partition coefficient (Wildman–Crippen LogP) is 2.66. The summed E-state index contributed by atoms with van der Waals surface area (Å²) in [5.41, 5.74) is 2.30. The zero-order valence-corrected chi connectivity index (χ0v) is 14.4. The van der Waals surface area contributed by atoms with Gasteiger partial charge in [-0.25, -0.2) is 9.97 Å². The summed E-state index contributed by atoms with van der Waals surface area (Å²) >= 11 is 0. The Kier molecular flexibility index (Phi) is 5.20. The highest BCUT2D eigenvalue weighted by Gasteiger charge is 2.08. The number of fused-ring (bicyclic) bond motifs is 1. The van der Waals surface area contributed by atoms with Gasteiger partial charge in [0.15, 0.2) is 0 Å². The fraction of sp³-hybridized carbons (Fsp3) is 0.211. The average molecular weight is 335 g/mol. The van der Waals surface area contributed by atoms with Gasteiger partial charge in [0.2, 0.25) is 0 Å². The van der Waals surface area contributed by atoms with Gasteiger partial charge < -0.3 is 15.5 Å². The molecule has 1 aromatic heterocycles. The van der Waals surface area contributed by atoms with Gasteiger partial charge in [0.05, 0.1) is 5.52 Å². The molecule has 6 nitrogen and oxygen atoms in total. The Morgan fingerprint density at radius 3 is 2.76 bits per heavy atom. The largest absolute Gasteiger partial charge is 0.351 e. The average Bonchev–Trinajstić information content (AvgIpc) is 2.62. The zero-order valence-electron chi connectivity index (χ0n) is 14.4. The number of nitrogens with one attached hydrogen (secondary N) is 2. The summed E-state index contributed by atoms with van der Waals surface area (Å²) in [5.74, 6) is 0.633. The van der Waals surface area contributed by atoms with Crippen molar-refractivity contribution in [3.63, 3.8) is 0 Å². The normalized spacial score (nSPS) is 10.8. The molecule has 3 aromatic rings. The molecule has 0 radical (unpaired) electrons. The standard InChI is InChI=1S/C19H21N5O/c1-24(2)11-10-20-19(25)14-6-5-7-15(12-14)23-18-16-8-3-4-9-17(16)21-13-22-18/h3-9,12-13H,10-11H2,1-2H3,(H,20,25)(H,21,22,23). The minimum atomic E-state index is -0.0851. The van der Waals surface area contributed by atoms with E-state index in [1.165, 1.54) is 6.33 Å². The maximum Gasteiger partial charge on any atom is 0.251 e. The summed E-state index contributed by atoms with van der Waals surface area (Å²) in [5, 5.41) is 7.13. The van der Waals surface area contributed by atoms with Crippen molar-refractivity contribution in [1.29, 1.82) is 0 Å². The van der Waals surface area contributed by atoms with Crippen molar-refractivity contribution in [2.75, 3.05) is 32.5 Å². The molecule has 0 unspecified atom stereocenters. The Morgan fingerprint density at radius 2 is 1.92 bits per heavy atom. The third-order valence-electron chi connectivity index (χ3n) is 3.77. The minimum Gasteiger partial charge on any atom is -0.351 e. The minimum absolute atomic E-state index is 0.0851. The third-order valence-corrected chi connectivity index (χ3v) is 3.77. The van der Waals surface area contributed by atoms with E-state index in [9.17, 15) is 4.79 Å². The molecule has 0 spiro atoms. The molecule has 3 rings (SSSR count). The highest BCUT2D eigenvalue weighted by molar-refractivity contribution is 5.96. The number of rotatable bonds is 6. The second-order valence-electron chi connectivity index (χ2n) is 6.00. The third kappa shape index (κ3) is 4.30. The summed E-state index contributed by atoms with van der Waals surface area (Å²) in [4.78, 5) is 22.9. The monoisotopic (exact) mass is 335 g/mol. The van der Waals surface area contributed by atoms with Gasteiger partial charge in [-0.3, -0.25) is 4.79 Å². The fourth-order valence-electron chi connectivity index (χ4n) is 2.47. The molecule has 128 valence electrons. The first kappa shape index (κ1) is 16.9. The number of hydrogen-bond donors (Lipinski definition) is 2. The van der Waals surface area contributed by atoms with Gasteiger partial charge >= 0.3 is 0 Å². The maximum absolute atomic E-state index is 12.3. The van der Waals surface area contributed by atoms with Crippen molar-refractivity contribution < 1.29 is 4.79 Å². The lowest BCUT2D eigenvalue weighted by atomic mass is 10.1. The second-order valence-corrected chi connectivity index (χ2v) is 6.00. The lowest BCUT2D eigenvalue weighted by molar-refractivity contribution is 0.0951. The molecule has 0 bridgehead atoms. The fourth-order valence-corrected chi connectivity index (χ4v) is 2.47. The number of anilines is 2. The predicted molar refractivity (Wildman–Crippen MR) is 100 cm³/mol. The first-order chi connectivity index (χ1) is 12.1. The molecular formula is C19H21N5O. The molecule has 0 aliphatic heterocycles. The van der Waals surface area contributed by atoms with Crippen LogP contribution in [0.25, 0.3) is 10.9 Å². The molecule has 0 aliphatic carbocycles. The SMILES string of the molecule is CN(C)CCNC(=O)c1cccc(Nc2ncnc3ccccc23)c1. The van der Waals surface area contributed by atoms with Gasteiger partial charge in [-0.1, -0.05) is 18.2 Å². The molecule has 2 aromatic carbocycles. The van der Waals surface area contributed by atoms with Gasteiger partial charge in [-0.15, -0.1) is 0 Å². The van der Waals surface area contributed by atoms with Crippen molar-refractivity contribution in [3.8, 4) is 0 Å². The molecule has 1 heterocycles. The van der Waals surface area contributed by atoms with Crippen LogP contribution in [0, 0.1) is 0 Å². The van der Waals surface area contributed by atoms with Crippen LogP contribution < -0.4 is 10.6 Å². The topological polar surface area (TPSA) is 70.2 Å². The van der Waals surface area contributed by atoms with E-state index in [1.807, 2.05) is 61.5 Å². The molecule has 1 amide bonds. The molecule has 0 saturated carbocycles. The first-order valence-corrected chi connectivity index (χ1v) is 8.13. The lowest BCUT2D eigenvalue weighted by Gasteiger charge is -2.12. The van der Waals surface area contributed by atoms with Gasteiger partial charge in [-0.05, 0) is 44.4 Å². The first-order valence-electron chi connectivity index (χ1n) is 8.13. The summed E-state index contributed by atoms with van der Waals surface area (Å²) in [6.45, 7) is 1.41. The van der Waals surface area contributed by atoms with Crippen LogP contribution in [0.2, 0.25) is 0 Å². The Bertz CT molecular complexity index is 873.